The van der Waals surface area contributed by atoms with E-state index in [4.69, 9.17) is 0 Å². The molecule has 0 radical (unpaired) electrons. The molecule has 4 unspecified atom stereocenters. The molecular weight excluding hydrogens is 426 g/mol. The maximum absolute atomic E-state index is 13.7. The Morgan fingerprint density at radius 1 is 1.15 bits per heavy atom. The highest BCUT2D eigenvalue weighted by molar-refractivity contribution is 6.24. The zero-order chi connectivity index (χ0) is 24.2. The first-order chi connectivity index (χ1) is 15.5. The number of aliphatic carboxylic acids is 1. The average molecular weight is 451 g/mol. The van der Waals surface area contributed by atoms with E-state index < -0.39 is 52.0 Å². The third kappa shape index (κ3) is 3.22. The number of aryl methyl sites for hydroxylation is 2. The second-order valence-electron chi connectivity index (χ2n) is 9.10. The van der Waals surface area contributed by atoms with Crippen molar-refractivity contribution in [2.75, 3.05) is 4.90 Å². The van der Waals surface area contributed by atoms with Gasteiger partial charge in [-0.05, 0) is 37.0 Å². The topological polar surface area (TPSA) is 130 Å². The normalized spacial score (nSPS) is 26.7. The van der Waals surface area contributed by atoms with E-state index >= 15 is 0 Å². The molecule has 2 heterocycles. The van der Waals surface area contributed by atoms with Crippen molar-refractivity contribution in [3.63, 3.8) is 0 Å². The molecule has 4 rings (SSSR count). The first-order valence-electron chi connectivity index (χ1n) is 10.7. The maximum atomic E-state index is 13.7. The summed E-state index contributed by atoms with van der Waals surface area (Å²) in [5.74, 6) is -5.07. The predicted octanol–water partition coefficient (Wildman–Crippen LogP) is 3.14. The molecule has 33 heavy (non-hydrogen) atoms. The molecule has 2 aromatic carbocycles. The lowest BCUT2D eigenvalue weighted by molar-refractivity contribution is -0.384. The number of carboxylic acids is 1. The number of rotatable bonds is 5. The lowest BCUT2D eigenvalue weighted by Crippen LogP contribution is -2.59. The van der Waals surface area contributed by atoms with Gasteiger partial charge >= 0.3 is 5.97 Å². The Kier molecular flexibility index (Phi) is 5.32. The summed E-state index contributed by atoms with van der Waals surface area (Å²) in [6.07, 6.45) is 0. The number of hydrogen-bond acceptors (Lipinski definition) is 6. The minimum Gasteiger partial charge on any atom is -0.480 e. The van der Waals surface area contributed by atoms with Gasteiger partial charge in [0.05, 0.1) is 22.4 Å². The van der Waals surface area contributed by atoms with Gasteiger partial charge in [0.15, 0.2) is 0 Å². The molecule has 0 bridgehead atoms. The van der Waals surface area contributed by atoms with Crippen LogP contribution in [-0.4, -0.2) is 33.4 Å². The van der Waals surface area contributed by atoms with Gasteiger partial charge < -0.3 is 5.11 Å². The molecule has 0 aromatic heterocycles. The summed E-state index contributed by atoms with van der Waals surface area (Å²) in [6.45, 7) is 7.19. The molecule has 9 nitrogen and oxygen atoms in total. The minimum atomic E-state index is -1.67. The van der Waals surface area contributed by atoms with Gasteiger partial charge in [0.1, 0.15) is 5.54 Å². The number of amides is 2. The van der Waals surface area contributed by atoms with Gasteiger partial charge in [-0.3, -0.25) is 29.8 Å². The van der Waals surface area contributed by atoms with Crippen molar-refractivity contribution in [3.05, 3.63) is 69.3 Å². The van der Waals surface area contributed by atoms with Gasteiger partial charge in [-0.1, -0.05) is 43.7 Å². The van der Waals surface area contributed by atoms with Crippen LogP contribution in [0.3, 0.4) is 0 Å². The van der Waals surface area contributed by atoms with Crippen molar-refractivity contribution in [1.29, 1.82) is 0 Å². The van der Waals surface area contributed by atoms with Crippen LogP contribution in [0, 0.1) is 41.7 Å². The number of non-ortho nitro benzene ring substituents is 1. The van der Waals surface area contributed by atoms with Gasteiger partial charge in [-0.2, -0.15) is 0 Å². The number of nitrogens with one attached hydrogen (secondary N) is 1. The number of carbonyl (C=O) groups is 3. The van der Waals surface area contributed by atoms with E-state index in [9.17, 15) is 29.6 Å². The van der Waals surface area contributed by atoms with E-state index in [0.29, 0.717) is 0 Å². The standard InChI is InChI=1S/C24H25N3O6/c1-12(2)24(23(30)31)19-18(20(25-24)17-10-13(3)8-9-14(17)4)21(28)26(22(19)29)15-6-5-7-16(11-15)27(32)33/h5-12,18-20,25H,1-4H3,(H,30,31). The quantitative estimate of drug-likeness (QED) is 0.406. The molecule has 0 saturated carbocycles. The van der Waals surface area contributed by atoms with E-state index in [2.05, 4.69) is 5.32 Å². The first kappa shape index (κ1) is 22.6. The molecule has 2 fully saturated rings. The zero-order valence-electron chi connectivity index (χ0n) is 18.7. The van der Waals surface area contributed by atoms with E-state index in [1.807, 2.05) is 32.0 Å². The minimum absolute atomic E-state index is 0.0661. The van der Waals surface area contributed by atoms with Crippen LogP contribution in [0.1, 0.15) is 36.6 Å². The molecular formula is C24H25N3O6. The Morgan fingerprint density at radius 3 is 2.45 bits per heavy atom. The predicted molar refractivity (Wildman–Crippen MR) is 120 cm³/mol. The number of hydrogen-bond donors (Lipinski definition) is 2. The van der Waals surface area contributed by atoms with Crippen molar-refractivity contribution >= 4 is 29.2 Å². The van der Waals surface area contributed by atoms with E-state index in [0.717, 1.165) is 27.7 Å². The number of nitro groups is 1. The molecule has 2 saturated heterocycles. The van der Waals surface area contributed by atoms with Crippen LogP contribution in [0.5, 0.6) is 0 Å². The van der Waals surface area contributed by atoms with Crippen molar-refractivity contribution in [2.45, 2.75) is 39.3 Å². The van der Waals surface area contributed by atoms with Crippen LogP contribution in [0.25, 0.3) is 0 Å². The molecule has 9 heteroatoms. The number of imide groups is 1. The SMILES string of the molecule is Cc1ccc(C)c(C2NC(C(=O)O)(C(C)C)C3C(=O)N(c4cccc([N+](=O)[O-])c4)C(=O)C23)c1. The smallest absolute Gasteiger partial charge is 0.325 e. The van der Waals surface area contributed by atoms with Crippen LogP contribution in [0.15, 0.2) is 42.5 Å². The van der Waals surface area contributed by atoms with Crippen molar-refractivity contribution in [1.82, 2.24) is 5.32 Å². The summed E-state index contributed by atoms with van der Waals surface area (Å²) in [4.78, 5) is 51.6. The number of nitro benzene ring substituents is 1. The lowest BCUT2D eigenvalue weighted by Gasteiger charge is -2.34. The molecule has 172 valence electrons. The van der Waals surface area contributed by atoms with Gasteiger partial charge in [0.2, 0.25) is 11.8 Å². The van der Waals surface area contributed by atoms with E-state index in [1.54, 1.807) is 13.8 Å². The fraction of sp³-hybridized carbons (Fsp3) is 0.375. The molecule has 2 aliphatic heterocycles. The van der Waals surface area contributed by atoms with Crippen LogP contribution in [0.4, 0.5) is 11.4 Å². The van der Waals surface area contributed by atoms with Crippen molar-refractivity contribution in [3.8, 4) is 0 Å². The Labute approximate surface area is 190 Å². The summed E-state index contributed by atoms with van der Waals surface area (Å²) < 4.78 is 0. The molecule has 2 amide bonds. The second-order valence-corrected chi connectivity index (χ2v) is 9.10. The van der Waals surface area contributed by atoms with Gasteiger partial charge in [0.25, 0.3) is 5.69 Å². The van der Waals surface area contributed by atoms with E-state index in [1.165, 1.54) is 18.2 Å². The highest BCUT2D eigenvalue weighted by atomic mass is 16.6. The molecule has 2 N–H and O–H groups in total. The summed E-state index contributed by atoms with van der Waals surface area (Å²) in [5, 5.41) is 24.7. The number of carboxylic acid groups (broad SMARTS) is 1. The van der Waals surface area contributed by atoms with Crippen molar-refractivity contribution < 1.29 is 24.4 Å². The Hall–Kier alpha value is -3.59. The molecule has 0 aliphatic carbocycles. The van der Waals surface area contributed by atoms with Crippen LogP contribution in [-0.2, 0) is 14.4 Å². The average Bonchev–Trinajstić information content (AvgIpc) is 3.25. The molecule has 0 spiro atoms. The Morgan fingerprint density at radius 2 is 1.85 bits per heavy atom. The summed E-state index contributed by atoms with van der Waals surface area (Å²) in [7, 11) is 0. The van der Waals surface area contributed by atoms with Crippen LogP contribution < -0.4 is 10.2 Å². The largest absolute Gasteiger partial charge is 0.480 e. The third-order valence-electron chi connectivity index (χ3n) is 6.93. The van der Waals surface area contributed by atoms with Crippen LogP contribution in [0.2, 0.25) is 0 Å². The molecule has 2 aliphatic rings. The molecule has 4 atom stereocenters. The number of anilines is 1. The monoisotopic (exact) mass is 451 g/mol. The Bertz CT molecular complexity index is 1190. The Balaban J connectivity index is 1.91. The highest BCUT2D eigenvalue weighted by Gasteiger charge is 2.69. The summed E-state index contributed by atoms with van der Waals surface area (Å²) in [5.41, 5.74) is 0.706. The molecule has 2 aromatic rings. The number of fused-ring (bicyclic) bond motifs is 1. The number of nitrogens with zero attached hydrogens (tertiary/aromatic N) is 2. The highest BCUT2D eigenvalue weighted by Crippen LogP contribution is 2.52. The fourth-order valence-electron chi connectivity index (χ4n) is 5.28. The van der Waals surface area contributed by atoms with E-state index in [-0.39, 0.29) is 11.4 Å². The maximum Gasteiger partial charge on any atom is 0.325 e. The van der Waals surface area contributed by atoms with Crippen molar-refractivity contribution in [2.24, 2.45) is 17.8 Å². The fourth-order valence-corrected chi connectivity index (χ4v) is 5.28. The first-order valence-corrected chi connectivity index (χ1v) is 10.7. The third-order valence-corrected chi connectivity index (χ3v) is 6.93. The van der Waals surface area contributed by atoms with Crippen LogP contribution >= 0.6 is 0 Å². The lowest BCUT2D eigenvalue weighted by atomic mass is 9.73. The van der Waals surface area contributed by atoms with Gasteiger partial charge in [-0.25, -0.2) is 4.90 Å². The number of carbonyl (C=O) groups excluding carboxylic acids is 2. The number of benzene rings is 2. The zero-order valence-corrected chi connectivity index (χ0v) is 18.7. The van der Waals surface area contributed by atoms with Gasteiger partial charge in [-0.15, -0.1) is 0 Å². The second kappa shape index (κ2) is 7.77. The van der Waals surface area contributed by atoms with Gasteiger partial charge in [0, 0.05) is 18.2 Å². The summed E-state index contributed by atoms with van der Waals surface area (Å²) >= 11 is 0. The summed E-state index contributed by atoms with van der Waals surface area (Å²) in [6, 6.07) is 10.3.